The molecule has 0 aliphatic heterocycles. The standard InChI is InChI=1S/C19H38/c1-5-6-7-8-9-10-11-12-13-14-15-16-17-18-19(2,3)4/h12-13H,5-11,14-18H2,1-4H3/b13-12-. The van der Waals surface area contributed by atoms with Gasteiger partial charge in [-0.05, 0) is 37.5 Å². The van der Waals surface area contributed by atoms with Crippen LogP contribution in [0.2, 0.25) is 0 Å². The molecule has 0 aromatic rings. The fourth-order valence-corrected chi connectivity index (χ4v) is 2.37. The summed E-state index contributed by atoms with van der Waals surface area (Å²) >= 11 is 0. The summed E-state index contributed by atoms with van der Waals surface area (Å²) in [5, 5.41) is 0. The first-order valence-corrected chi connectivity index (χ1v) is 8.71. The maximum atomic E-state index is 2.41. The number of hydrogen-bond donors (Lipinski definition) is 0. The summed E-state index contributed by atoms with van der Waals surface area (Å²) in [6.07, 6.45) is 21.4. The second-order valence-corrected chi connectivity index (χ2v) is 7.19. The molecule has 0 amide bonds. The van der Waals surface area contributed by atoms with Gasteiger partial charge in [-0.15, -0.1) is 0 Å². The maximum absolute atomic E-state index is 2.41. The van der Waals surface area contributed by atoms with Crippen LogP contribution in [-0.4, -0.2) is 0 Å². The fraction of sp³-hybridized carbons (Fsp3) is 0.895. The molecule has 0 bridgehead atoms. The number of unbranched alkanes of at least 4 members (excludes halogenated alkanes) is 9. The van der Waals surface area contributed by atoms with Crippen molar-refractivity contribution in [1.82, 2.24) is 0 Å². The Balaban J connectivity index is 3.13. The molecule has 0 N–H and O–H groups in total. The first kappa shape index (κ1) is 18.7. The predicted molar refractivity (Wildman–Crippen MR) is 89.7 cm³/mol. The van der Waals surface area contributed by atoms with E-state index in [1.807, 2.05) is 0 Å². The third-order valence-electron chi connectivity index (χ3n) is 3.69. The molecule has 0 saturated heterocycles. The van der Waals surface area contributed by atoms with Gasteiger partial charge in [0.05, 0.1) is 0 Å². The molecule has 0 atom stereocenters. The highest BCUT2D eigenvalue weighted by atomic mass is 14.1. The SMILES string of the molecule is CCCCCCCC/C=C\CCCCCC(C)(C)C. The van der Waals surface area contributed by atoms with Crippen molar-refractivity contribution in [2.45, 2.75) is 105 Å². The molecule has 0 aromatic carbocycles. The van der Waals surface area contributed by atoms with E-state index in [1.54, 1.807) is 0 Å². The molecule has 19 heavy (non-hydrogen) atoms. The Hall–Kier alpha value is -0.260. The lowest BCUT2D eigenvalue weighted by Crippen LogP contribution is -2.03. The van der Waals surface area contributed by atoms with Gasteiger partial charge in [0.2, 0.25) is 0 Å². The van der Waals surface area contributed by atoms with Crippen molar-refractivity contribution in [2.24, 2.45) is 5.41 Å². The molecule has 0 radical (unpaired) electrons. The average molecular weight is 267 g/mol. The van der Waals surface area contributed by atoms with Crippen LogP contribution in [0, 0.1) is 5.41 Å². The highest BCUT2D eigenvalue weighted by molar-refractivity contribution is 4.81. The van der Waals surface area contributed by atoms with E-state index in [0.717, 1.165) is 0 Å². The third kappa shape index (κ3) is 17.7. The molecular weight excluding hydrogens is 228 g/mol. The molecule has 0 nitrogen and oxygen atoms in total. The van der Waals surface area contributed by atoms with Crippen LogP contribution in [0.1, 0.15) is 105 Å². The van der Waals surface area contributed by atoms with E-state index in [2.05, 4.69) is 39.8 Å². The molecule has 0 unspecified atom stereocenters. The minimum atomic E-state index is 0.521. The van der Waals surface area contributed by atoms with Crippen LogP contribution in [0.25, 0.3) is 0 Å². The zero-order valence-corrected chi connectivity index (χ0v) is 14.1. The molecule has 0 fully saturated rings. The lowest BCUT2D eigenvalue weighted by molar-refractivity contribution is 0.358. The summed E-state index contributed by atoms with van der Waals surface area (Å²) in [6, 6.07) is 0. The first-order valence-electron chi connectivity index (χ1n) is 8.71. The van der Waals surface area contributed by atoms with Gasteiger partial charge in [0.1, 0.15) is 0 Å². The monoisotopic (exact) mass is 266 g/mol. The van der Waals surface area contributed by atoms with Gasteiger partial charge < -0.3 is 0 Å². The highest BCUT2D eigenvalue weighted by Gasteiger charge is 2.08. The Morgan fingerprint density at radius 3 is 1.63 bits per heavy atom. The lowest BCUT2D eigenvalue weighted by atomic mass is 9.89. The zero-order chi connectivity index (χ0) is 14.4. The van der Waals surface area contributed by atoms with Gasteiger partial charge in [0.25, 0.3) is 0 Å². The Morgan fingerprint density at radius 2 is 1.11 bits per heavy atom. The summed E-state index contributed by atoms with van der Waals surface area (Å²) < 4.78 is 0. The molecule has 114 valence electrons. The van der Waals surface area contributed by atoms with Gasteiger partial charge in [-0.2, -0.15) is 0 Å². The van der Waals surface area contributed by atoms with Crippen LogP contribution in [0.15, 0.2) is 12.2 Å². The molecule has 0 rings (SSSR count). The van der Waals surface area contributed by atoms with E-state index in [-0.39, 0.29) is 0 Å². The van der Waals surface area contributed by atoms with Crippen LogP contribution in [0.4, 0.5) is 0 Å². The first-order chi connectivity index (χ1) is 9.06. The van der Waals surface area contributed by atoms with Gasteiger partial charge in [-0.1, -0.05) is 84.8 Å². The molecule has 0 spiro atoms. The zero-order valence-electron chi connectivity index (χ0n) is 14.1. The summed E-state index contributed by atoms with van der Waals surface area (Å²) in [4.78, 5) is 0. The van der Waals surface area contributed by atoms with Crippen molar-refractivity contribution in [3.8, 4) is 0 Å². The number of allylic oxidation sites excluding steroid dienone is 2. The maximum Gasteiger partial charge on any atom is -0.0351 e. The van der Waals surface area contributed by atoms with Gasteiger partial charge >= 0.3 is 0 Å². The Bertz CT molecular complexity index is 195. The molecule has 0 saturated carbocycles. The van der Waals surface area contributed by atoms with Crippen LogP contribution in [-0.2, 0) is 0 Å². The normalized spacial score (nSPS) is 12.4. The second-order valence-electron chi connectivity index (χ2n) is 7.19. The Morgan fingerprint density at radius 1 is 0.632 bits per heavy atom. The largest absolute Gasteiger partial charge is 0.0885 e. The Labute approximate surface area is 123 Å². The van der Waals surface area contributed by atoms with Crippen molar-refractivity contribution < 1.29 is 0 Å². The molecule has 0 aliphatic rings. The number of hydrogen-bond acceptors (Lipinski definition) is 0. The van der Waals surface area contributed by atoms with Crippen molar-refractivity contribution in [3.63, 3.8) is 0 Å². The quantitative estimate of drug-likeness (QED) is 0.257. The summed E-state index contributed by atoms with van der Waals surface area (Å²) in [7, 11) is 0. The van der Waals surface area contributed by atoms with Gasteiger partial charge in [0.15, 0.2) is 0 Å². The minimum absolute atomic E-state index is 0.521. The van der Waals surface area contributed by atoms with Crippen LogP contribution in [0.5, 0.6) is 0 Å². The summed E-state index contributed by atoms with van der Waals surface area (Å²) in [5.41, 5.74) is 0.521. The predicted octanol–water partition coefficient (Wildman–Crippen LogP) is 7.29. The number of rotatable bonds is 12. The van der Waals surface area contributed by atoms with Crippen molar-refractivity contribution in [2.75, 3.05) is 0 Å². The fourth-order valence-electron chi connectivity index (χ4n) is 2.37. The third-order valence-corrected chi connectivity index (χ3v) is 3.69. The van der Waals surface area contributed by atoms with Crippen LogP contribution < -0.4 is 0 Å². The minimum Gasteiger partial charge on any atom is -0.0885 e. The molecule has 0 aliphatic carbocycles. The van der Waals surface area contributed by atoms with Gasteiger partial charge in [-0.25, -0.2) is 0 Å². The molecular formula is C19H38. The second kappa shape index (κ2) is 12.8. The van der Waals surface area contributed by atoms with Crippen molar-refractivity contribution >= 4 is 0 Å². The van der Waals surface area contributed by atoms with Crippen molar-refractivity contribution in [1.29, 1.82) is 0 Å². The van der Waals surface area contributed by atoms with Gasteiger partial charge in [0, 0.05) is 0 Å². The van der Waals surface area contributed by atoms with E-state index >= 15 is 0 Å². The Kier molecular flexibility index (Phi) is 12.6. The van der Waals surface area contributed by atoms with E-state index in [9.17, 15) is 0 Å². The van der Waals surface area contributed by atoms with E-state index in [4.69, 9.17) is 0 Å². The lowest BCUT2D eigenvalue weighted by Gasteiger charge is -2.17. The van der Waals surface area contributed by atoms with Crippen LogP contribution >= 0.6 is 0 Å². The highest BCUT2D eigenvalue weighted by Crippen LogP contribution is 2.22. The summed E-state index contributed by atoms with van der Waals surface area (Å²) in [5.74, 6) is 0. The topological polar surface area (TPSA) is 0 Å². The molecule has 0 aromatic heterocycles. The summed E-state index contributed by atoms with van der Waals surface area (Å²) in [6.45, 7) is 9.30. The van der Waals surface area contributed by atoms with E-state index in [0.29, 0.717) is 5.41 Å². The van der Waals surface area contributed by atoms with E-state index in [1.165, 1.54) is 77.0 Å². The average Bonchev–Trinajstić information content (AvgIpc) is 2.34. The van der Waals surface area contributed by atoms with E-state index < -0.39 is 0 Å². The molecule has 0 heterocycles. The molecule has 0 heteroatoms. The smallest absolute Gasteiger partial charge is 0.0351 e. The van der Waals surface area contributed by atoms with Crippen molar-refractivity contribution in [3.05, 3.63) is 12.2 Å². The van der Waals surface area contributed by atoms with Gasteiger partial charge in [-0.3, -0.25) is 0 Å². The van der Waals surface area contributed by atoms with Crippen LogP contribution in [0.3, 0.4) is 0 Å².